The number of thiophene rings is 1. The van der Waals surface area contributed by atoms with Crippen molar-refractivity contribution in [1.29, 1.82) is 0 Å². The van der Waals surface area contributed by atoms with Crippen LogP contribution >= 0.6 is 11.3 Å². The molecule has 0 spiro atoms. The lowest BCUT2D eigenvalue weighted by Crippen LogP contribution is -2.46. The minimum atomic E-state index is -0.605. The Labute approximate surface area is 123 Å². The maximum atomic E-state index is 11.7. The van der Waals surface area contributed by atoms with E-state index in [1.807, 2.05) is 17.5 Å². The largest absolute Gasteiger partial charge is 0.389 e. The zero-order valence-electron chi connectivity index (χ0n) is 11.7. The highest BCUT2D eigenvalue weighted by molar-refractivity contribution is 7.09. The third kappa shape index (κ3) is 5.58. The lowest BCUT2D eigenvalue weighted by Gasteiger charge is -2.17. The van der Waals surface area contributed by atoms with Crippen LogP contribution in [-0.2, 0) is 16.1 Å². The van der Waals surface area contributed by atoms with Crippen molar-refractivity contribution >= 4 is 17.2 Å². The number of hydrogen-bond acceptors (Lipinski definition) is 5. The second-order valence-corrected chi connectivity index (χ2v) is 6.19. The molecule has 0 aromatic carbocycles. The van der Waals surface area contributed by atoms with Gasteiger partial charge in [-0.1, -0.05) is 6.07 Å². The van der Waals surface area contributed by atoms with Gasteiger partial charge in [-0.25, -0.2) is 0 Å². The molecule has 2 rings (SSSR count). The first kappa shape index (κ1) is 15.4. The first-order valence-electron chi connectivity index (χ1n) is 6.97. The van der Waals surface area contributed by atoms with Gasteiger partial charge >= 0.3 is 0 Å². The number of ether oxygens (including phenoxy) is 1. The van der Waals surface area contributed by atoms with Crippen molar-refractivity contribution in [1.82, 2.24) is 10.6 Å². The van der Waals surface area contributed by atoms with Gasteiger partial charge in [-0.3, -0.25) is 4.79 Å². The number of nitrogens with one attached hydrogen (secondary N) is 2. The highest BCUT2D eigenvalue weighted by atomic mass is 32.1. The summed E-state index contributed by atoms with van der Waals surface area (Å²) in [6, 6.07) is 4.05. The molecule has 0 bridgehead atoms. The summed E-state index contributed by atoms with van der Waals surface area (Å²) in [7, 11) is 0. The average molecular weight is 298 g/mol. The van der Waals surface area contributed by atoms with Crippen molar-refractivity contribution in [3.63, 3.8) is 0 Å². The molecule has 1 heterocycles. The van der Waals surface area contributed by atoms with E-state index in [4.69, 9.17) is 4.74 Å². The normalized spacial score (nSPS) is 17.7. The second kappa shape index (κ2) is 7.73. The standard InChI is InChI=1S/C14H22N2O3S/c1-10(14(18)16-11-4-5-11)15-7-12(17)8-19-9-13-3-2-6-20-13/h2-3,6,10-12,15,17H,4-5,7-9H2,1H3,(H,16,18). The minimum absolute atomic E-state index is 0.000737. The fourth-order valence-corrected chi connectivity index (χ4v) is 2.35. The topological polar surface area (TPSA) is 70.6 Å². The highest BCUT2D eigenvalue weighted by Crippen LogP contribution is 2.18. The smallest absolute Gasteiger partial charge is 0.237 e. The maximum absolute atomic E-state index is 11.7. The summed E-state index contributed by atoms with van der Waals surface area (Å²) in [5.41, 5.74) is 0. The number of amides is 1. The van der Waals surface area contributed by atoms with Gasteiger partial charge in [0.05, 0.1) is 25.4 Å². The summed E-state index contributed by atoms with van der Waals surface area (Å²) in [6.07, 6.45) is 1.56. The molecule has 1 aromatic heterocycles. The van der Waals surface area contributed by atoms with Crippen LogP contribution in [0, 0.1) is 0 Å². The molecule has 6 heteroatoms. The third-order valence-electron chi connectivity index (χ3n) is 3.11. The molecule has 1 aromatic rings. The quantitative estimate of drug-likeness (QED) is 0.633. The molecule has 112 valence electrons. The van der Waals surface area contributed by atoms with E-state index in [0.717, 1.165) is 17.7 Å². The van der Waals surface area contributed by atoms with E-state index in [9.17, 15) is 9.90 Å². The molecule has 2 unspecified atom stereocenters. The van der Waals surface area contributed by atoms with Crippen molar-refractivity contribution in [3.8, 4) is 0 Å². The maximum Gasteiger partial charge on any atom is 0.237 e. The zero-order chi connectivity index (χ0) is 14.4. The summed E-state index contributed by atoms with van der Waals surface area (Å²) in [5, 5.41) is 17.7. The Morgan fingerprint density at radius 3 is 3.05 bits per heavy atom. The van der Waals surface area contributed by atoms with E-state index >= 15 is 0 Å². The highest BCUT2D eigenvalue weighted by Gasteiger charge is 2.25. The summed E-state index contributed by atoms with van der Waals surface area (Å²) >= 11 is 1.63. The molecule has 20 heavy (non-hydrogen) atoms. The summed E-state index contributed by atoms with van der Waals surface area (Å²) in [4.78, 5) is 12.8. The van der Waals surface area contributed by atoms with Crippen molar-refractivity contribution < 1.29 is 14.6 Å². The Bertz CT molecular complexity index is 407. The Kier molecular flexibility index (Phi) is 5.97. The molecular formula is C14H22N2O3S. The number of rotatable bonds is 9. The number of aliphatic hydroxyl groups is 1. The van der Waals surface area contributed by atoms with Gasteiger partial charge in [0.25, 0.3) is 0 Å². The summed E-state index contributed by atoms with van der Waals surface area (Å²) in [5.74, 6) is -0.000737. The predicted octanol–water partition coefficient (Wildman–Crippen LogP) is 0.882. The molecule has 1 aliphatic carbocycles. The molecular weight excluding hydrogens is 276 g/mol. The van der Waals surface area contributed by atoms with E-state index < -0.39 is 6.10 Å². The average Bonchev–Trinajstić information content (AvgIpc) is 3.09. The Hall–Kier alpha value is -0.950. The van der Waals surface area contributed by atoms with Crippen LogP contribution in [0.25, 0.3) is 0 Å². The molecule has 3 N–H and O–H groups in total. The number of carbonyl (C=O) groups is 1. The summed E-state index contributed by atoms with van der Waals surface area (Å²) in [6.45, 7) is 2.94. The Morgan fingerprint density at radius 1 is 1.60 bits per heavy atom. The monoisotopic (exact) mass is 298 g/mol. The van der Waals surface area contributed by atoms with Gasteiger partial charge in [0, 0.05) is 17.5 Å². The molecule has 1 fully saturated rings. The third-order valence-corrected chi connectivity index (χ3v) is 3.96. The van der Waals surface area contributed by atoms with Crippen LogP contribution in [-0.4, -0.2) is 42.4 Å². The van der Waals surface area contributed by atoms with E-state index in [2.05, 4.69) is 10.6 Å². The van der Waals surface area contributed by atoms with Crippen LogP contribution < -0.4 is 10.6 Å². The van der Waals surface area contributed by atoms with Gasteiger partial charge in [-0.2, -0.15) is 0 Å². The van der Waals surface area contributed by atoms with Crippen molar-refractivity contribution in [2.45, 2.75) is 44.6 Å². The molecule has 0 saturated heterocycles. The zero-order valence-corrected chi connectivity index (χ0v) is 12.5. The van der Waals surface area contributed by atoms with Gasteiger partial charge in [-0.15, -0.1) is 11.3 Å². The van der Waals surface area contributed by atoms with Crippen LogP contribution in [0.2, 0.25) is 0 Å². The Balaban J connectivity index is 1.54. The van der Waals surface area contributed by atoms with E-state index in [0.29, 0.717) is 19.2 Å². The van der Waals surface area contributed by atoms with Crippen LogP contribution in [0.4, 0.5) is 0 Å². The van der Waals surface area contributed by atoms with Crippen molar-refractivity contribution in [2.75, 3.05) is 13.2 Å². The number of hydrogen-bond donors (Lipinski definition) is 3. The second-order valence-electron chi connectivity index (χ2n) is 5.16. The molecule has 2 atom stereocenters. The lowest BCUT2D eigenvalue weighted by molar-refractivity contribution is -0.123. The van der Waals surface area contributed by atoms with Crippen molar-refractivity contribution in [3.05, 3.63) is 22.4 Å². The fourth-order valence-electron chi connectivity index (χ4n) is 1.71. The van der Waals surface area contributed by atoms with Gasteiger partial charge in [-0.05, 0) is 31.2 Å². The van der Waals surface area contributed by atoms with Crippen LogP contribution in [0.3, 0.4) is 0 Å². The van der Waals surface area contributed by atoms with Crippen molar-refractivity contribution in [2.24, 2.45) is 0 Å². The molecule has 0 aliphatic heterocycles. The van der Waals surface area contributed by atoms with E-state index in [-0.39, 0.29) is 18.6 Å². The molecule has 0 radical (unpaired) electrons. The SMILES string of the molecule is CC(NCC(O)COCc1cccs1)C(=O)NC1CC1. The number of carbonyl (C=O) groups excluding carboxylic acids is 1. The van der Waals surface area contributed by atoms with Gasteiger partial charge in [0.1, 0.15) is 0 Å². The Morgan fingerprint density at radius 2 is 2.40 bits per heavy atom. The summed E-state index contributed by atoms with van der Waals surface area (Å²) < 4.78 is 5.43. The number of aliphatic hydroxyl groups excluding tert-OH is 1. The molecule has 5 nitrogen and oxygen atoms in total. The van der Waals surface area contributed by atoms with Crippen LogP contribution in [0.5, 0.6) is 0 Å². The fraction of sp³-hybridized carbons (Fsp3) is 0.643. The van der Waals surface area contributed by atoms with E-state index in [1.54, 1.807) is 18.3 Å². The lowest BCUT2D eigenvalue weighted by atomic mass is 10.3. The predicted molar refractivity (Wildman–Crippen MR) is 78.6 cm³/mol. The first-order valence-corrected chi connectivity index (χ1v) is 7.85. The van der Waals surface area contributed by atoms with Gasteiger partial charge in [0.15, 0.2) is 0 Å². The van der Waals surface area contributed by atoms with Crippen LogP contribution in [0.1, 0.15) is 24.6 Å². The van der Waals surface area contributed by atoms with Gasteiger partial charge < -0.3 is 20.5 Å². The molecule has 1 amide bonds. The molecule has 1 saturated carbocycles. The first-order chi connectivity index (χ1) is 9.65. The van der Waals surface area contributed by atoms with Gasteiger partial charge in [0.2, 0.25) is 5.91 Å². The molecule has 1 aliphatic rings. The minimum Gasteiger partial charge on any atom is -0.389 e. The van der Waals surface area contributed by atoms with E-state index in [1.165, 1.54) is 0 Å². The van der Waals surface area contributed by atoms with Crippen LogP contribution in [0.15, 0.2) is 17.5 Å².